The van der Waals surface area contributed by atoms with Crippen LogP contribution in [0.15, 0.2) is 0 Å². The van der Waals surface area contributed by atoms with Crippen LogP contribution in [0.5, 0.6) is 0 Å². The minimum atomic E-state index is -0.562. The van der Waals surface area contributed by atoms with Gasteiger partial charge < -0.3 is 14.4 Å². The van der Waals surface area contributed by atoms with E-state index in [1.807, 2.05) is 0 Å². The molecule has 17 heavy (non-hydrogen) atoms. The number of nitrogens with zero attached hydrogens (tertiary/aromatic N) is 2. The molecule has 0 radical (unpaired) electrons. The Morgan fingerprint density at radius 1 is 1.47 bits per heavy atom. The second-order valence-electron chi connectivity index (χ2n) is 5.34. The molecule has 0 bridgehead atoms. The highest BCUT2D eigenvalue weighted by Gasteiger charge is 2.32. The van der Waals surface area contributed by atoms with Crippen molar-refractivity contribution in [3.63, 3.8) is 0 Å². The smallest absolute Gasteiger partial charge is 0.410 e. The van der Waals surface area contributed by atoms with Gasteiger partial charge in [0.15, 0.2) is 0 Å². The van der Waals surface area contributed by atoms with Crippen molar-refractivity contribution < 1.29 is 14.3 Å². The van der Waals surface area contributed by atoms with Crippen LogP contribution in [-0.2, 0) is 9.53 Å². The molecule has 1 saturated heterocycles. The number of amides is 1. The molecule has 1 rings (SSSR count). The lowest BCUT2D eigenvalue weighted by Gasteiger charge is -2.34. The Hall–Kier alpha value is -1.57. The Labute approximate surface area is 101 Å². The molecule has 0 aromatic rings. The van der Waals surface area contributed by atoms with Gasteiger partial charge in [-0.15, -0.1) is 0 Å². The van der Waals surface area contributed by atoms with Crippen LogP contribution in [-0.4, -0.2) is 36.0 Å². The Balaban J connectivity index is 2.67. The molecule has 1 amide bonds. The monoisotopic (exact) mass is 238 g/mol. The van der Waals surface area contributed by atoms with Crippen LogP contribution in [0, 0.1) is 23.2 Å². The van der Waals surface area contributed by atoms with Gasteiger partial charge in [-0.3, -0.25) is 0 Å². The quantitative estimate of drug-likeness (QED) is 0.650. The van der Waals surface area contributed by atoms with E-state index in [1.54, 1.807) is 20.8 Å². The van der Waals surface area contributed by atoms with E-state index < -0.39 is 11.7 Å². The summed E-state index contributed by atoms with van der Waals surface area (Å²) in [6.45, 7) is 6.04. The Morgan fingerprint density at radius 3 is 2.59 bits per heavy atom. The molecule has 0 N–H and O–H groups in total. The van der Waals surface area contributed by atoms with Crippen molar-refractivity contribution in [3.8, 4) is 6.07 Å². The maximum absolute atomic E-state index is 11.8. The first-order chi connectivity index (χ1) is 7.85. The van der Waals surface area contributed by atoms with Crippen LogP contribution in [0.25, 0.3) is 0 Å². The largest absolute Gasteiger partial charge is 0.444 e. The minimum absolute atomic E-state index is 0.263. The summed E-state index contributed by atoms with van der Waals surface area (Å²) in [7, 11) is 0. The summed E-state index contributed by atoms with van der Waals surface area (Å²) in [4.78, 5) is 24.0. The van der Waals surface area contributed by atoms with Gasteiger partial charge in [0.05, 0.1) is 12.0 Å². The van der Waals surface area contributed by atoms with Crippen molar-refractivity contribution in [1.82, 2.24) is 4.90 Å². The zero-order valence-corrected chi connectivity index (χ0v) is 10.5. The predicted octanol–water partition coefficient (Wildman–Crippen LogP) is 1.58. The first-order valence-corrected chi connectivity index (χ1v) is 5.68. The molecule has 0 aromatic carbocycles. The zero-order valence-electron chi connectivity index (χ0n) is 10.5. The highest BCUT2D eigenvalue weighted by atomic mass is 16.6. The molecule has 1 aliphatic heterocycles. The number of hydrogen-bond acceptors (Lipinski definition) is 4. The summed E-state index contributed by atoms with van der Waals surface area (Å²) in [5.41, 5.74) is -0.562. The molecule has 94 valence electrons. The second-order valence-corrected chi connectivity index (χ2v) is 5.34. The average Bonchev–Trinajstić information content (AvgIpc) is 2.26. The lowest BCUT2D eigenvalue weighted by molar-refractivity contribution is -0.112. The van der Waals surface area contributed by atoms with Crippen molar-refractivity contribution in [1.29, 1.82) is 5.26 Å². The third-order valence-electron chi connectivity index (χ3n) is 2.51. The summed E-state index contributed by atoms with van der Waals surface area (Å²) in [6, 6.07) is 2.11. The normalized spacial score (nSPS) is 24.9. The molecule has 0 aliphatic carbocycles. The standard InChI is InChI=1S/C12H18N2O3/c1-12(2,3)17-11(16)14-6-9(5-13)4-10(7-14)8-15/h8-10H,4,6-7H2,1-3H3. The molecule has 2 unspecified atom stereocenters. The fourth-order valence-corrected chi connectivity index (χ4v) is 1.81. The molecular weight excluding hydrogens is 220 g/mol. The van der Waals surface area contributed by atoms with Gasteiger partial charge in [-0.1, -0.05) is 0 Å². The Kier molecular flexibility index (Phi) is 4.11. The van der Waals surface area contributed by atoms with Gasteiger partial charge in [0, 0.05) is 19.0 Å². The molecule has 2 atom stereocenters. The number of nitriles is 1. The summed E-state index contributed by atoms with van der Waals surface area (Å²) in [6.07, 6.45) is 0.879. The lowest BCUT2D eigenvalue weighted by atomic mass is 9.91. The third kappa shape index (κ3) is 4.06. The summed E-state index contributed by atoms with van der Waals surface area (Å²) < 4.78 is 5.22. The minimum Gasteiger partial charge on any atom is -0.444 e. The molecule has 0 aromatic heterocycles. The molecule has 0 spiro atoms. The van der Waals surface area contributed by atoms with E-state index in [2.05, 4.69) is 6.07 Å². The topological polar surface area (TPSA) is 70.4 Å². The molecule has 1 heterocycles. The number of carbonyl (C=O) groups excluding carboxylic acids is 2. The average molecular weight is 238 g/mol. The number of rotatable bonds is 1. The fourth-order valence-electron chi connectivity index (χ4n) is 1.81. The predicted molar refractivity (Wildman–Crippen MR) is 61.1 cm³/mol. The van der Waals surface area contributed by atoms with Crippen LogP contribution in [0.4, 0.5) is 4.79 Å². The van der Waals surface area contributed by atoms with Gasteiger partial charge in [-0.25, -0.2) is 4.79 Å². The molecule has 5 heteroatoms. The molecular formula is C12H18N2O3. The molecule has 1 aliphatic rings. The highest BCUT2D eigenvalue weighted by molar-refractivity contribution is 5.69. The van der Waals surface area contributed by atoms with E-state index >= 15 is 0 Å². The molecule has 5 nitrogen and oxygen atoms in total. The van der Waals surface area contributed by atoms with Crippen LogP contribution < -0.4 is 0 Å². The van der Waals surface area contributed by atoms with E-state index in [0.29, 0.717) is 19.5 Å². The maximum Gasteiger partial charge on any atom is 0.410 e. The first-order valence-electron chi connectivity index (χ1n) is 5.68. The second kappa shape index (κ2) is 5.17. The van der Waals surface area contributed by atoms with Gasteiger partial charge in [0.25, 0.3) is 0 Å². The van der Waals surface area contributed by atoms with E-state index in [4.69, 9.17) is 10.00 Å². The van der Waals surface area contributed by atoms with Crippen LogP contribution in [0.3, 0.4) is 0 Å². The summed E-state index contributed by atoms with van der Waals surface area (Å²) in [5.74, 6) is -0.549. The number of hydrogen-bond donors (Lipinski definition) is 0. The van der Waals surface area contributed by atoms with E-state index in [-0.39, 0.29) is 11.8 Å². The number of aldehydes is 1. The van der Waals surface area contributed by atoms with Crippen molar-refractivity contribution in [2.45, 2.75) is 32.8 Å². The van der Waals surface area contributed by atoms with Gasteiger partial charge in [0.1, 0.15) is 11.9 Å². The number of ether oxygens (including phenoxy) is 1. The fraction of sp³-hybridized carbons (Fsp3) is 0.750. The summed E-state index contributed by atoms with van der Waals surface area (Å²) in [5, 5.41) is 8.89. The highest BCUT2D eigenvalue weighted by Crippen LogP contribution is 2.22. The van der Waals surface area contributed by atoms with Gasteiger partial charge in [-0.05, 0) is 27.2 Å². The number of piperidine rings is 1. The zero-order chi connectivity index (χ0) is 13.1. The van der Waals surface area contributed by atoms with Crippen LogP contribution >= 0.6 is 0 Å². The number of carbonyl (C=O) groups is 2. The lowest BCUT2D eigenvalue weighted by Crippen LogP contribution is -2.46. The first kappa shape index (κ1) is 13.5. The van der Waals surface area contributed by atoms with Gasteiger partial charge in [-0.2, -0.15) is 5.26 Å². The SMILES string of the molecule is CC(C)(C)OC(=O)N1CC(C#N)CC(C=O)C1. The number of likely N-dealkylation sites (tertiary alicyclic amines) is 1. The summed E-state index contributed by atoms with van der Waals surface area (Å²) >= 11 is 0. The van der Waals surface area contributed by atoms with Crippen molar-refractivity contribution >= 4 is 12.4 Å². The van der Waals surface area contributed by atoms with E-state index in [0.717, 1.165) is 6.29 Å². The van der Waals surface area contributed by atoms with Crippen LogP contribution in [0.1, 0.15) is 27.2 Å². The maximum atomic E-state index is 11.8. The van der Waals surface area contributed by atoms with Gasteiger partial charge >= 0.3 is 6.09 Å². The third-order valence-corrected chi connectivity index (χ3v) is 2.51. The van der Waals surface area contributed by atoms with E-state index in [1.165, 1.54) is 4.90 Å². The van der Waals surface area contributed by atoms with E-state index in [9.17, 15) is 9.59 Å². The van der Waals surface area contributed by atoms with Crippen molar-refractivity contribution in [3.05, 3.63) is 0 Å². The Morgan fingerprint density at radius 2 is 2.12 bits per heavy atom. The van der Waals surface area contributed by atoms with Crippen molar-refractivity contribution in [2.75, 3.05) is 13.1 Å². The molecule has 1 fully saturated rings. The van der Waals surface area contributed by atoms with Crippen molar-refractivity contribution in [2.24, 2.45) is 11.8 Å². The van der Waals surface area contributed by atoms with Crippen LogP contribution in [0.2, 0.25) is 0 Å². The Bertz CT molecular complexity index is 341. The van der Waals surface area contributed by atoms with Gasteiger partial charge in [0.2, 0.25) is 0 Å². The molecule has 0 saturated carbocycles.